The van der Waals surface area contributed by atoms with Crippen LogP contribution in [0.4, 0.5) is 0 Å². The molecule has 6 atom stereocenters. The number of likely N-dealkylation sites (tertiary alicyclic amines) is 1. The molecule has 7 nitrogen and oxygen atoms in total. The Balaban J connectivity index is 1.69. The first kappa shape index (κ1) is 21.0. The highest BCUT2D eigenvalue weighted by atomic mass is 32.2. The van der Waals surface area contributed by atoms with Crippen LogP contribution in [0.3, 0.4) is 0 Å². The minimum Gasteiger partial charge on any atom is -0.394 e. The number of nitrogens with one attached hydrogen (secondary N) is 2. The lowest BCUT2D eigenvalue weighted by atomic mass is 9.70. The summed E-state index contributed by atoms with van der Waals surface area (Å²) in [5.41, 5.74) is 0. The Kier molecular flexibility index (Phi) is 5.86. The molecule has 2 unspecified atom stereocenters. The molecule has 1 aliphatic carbocycles. The van der Waals surface area contributed by atoms with Crippen molar-refractivity contribution in [1.82, 2.24) is 15.5 Å². The van der Waals surface area contributed by atoms with E-state index in [9.17, 15) is 19.5 Å². The summed E-state index contributed by atoms with van der Waals surface area (Å²) in [6, 6.07) is -0.838. The van der Waals surface area contributed by atoms with Gasteiger partial charge < -0.3 is 20.6 Å². The maximum atomic E-state index is 13.6. The first-order valence-electron chi connectivity index (χ1n) is 11.1. The van der Waals surface area contributed by atoms with Crippen LogP contribution >= 0.6 is 11.8 Å². The van der Waals surface area contributed by atoms with Gasteiger partial charge in [-0.1, -0.05) is 26.2 Å². The summed E-state index contributed by atoms with van der Waals surface area (Å²) in [6.45, 7) is 1.76. The van der Waals surface area contributed by atoms with Crippen molar-refractivity contribution in [3.05, 3.63) is 0 Å². The van der Waals surface area contributed by atoms with Crippen LogP contribution in [0.2, 0.25) is 0 Å². The van der Waals surface area contributed by atoms with Crippen molar-refractivity contribution in [2.75, 3.05) is 13.7 Å². The van der Waals surface area contributed by atoms with E-state index in [4.69, 9.17) is 0 Å². The van der Waals surface area contributed by atoms with Crippen molar-refractivity contribution in [3.8, 4) is 0 Å². The third-order valence-corrected chi connectivity index (χ3v) is 9.51. The Morgan fingerprint density at radius 2 is 1.97 bits per heavy atom. The lowest BCUT2D eigenvalue weighted by Crippen LogP contribution is -2.58. The number of amides is 3. The predicted molar refractivity (Wildman–Crippen MR) is 111 cm³/mol. The normalized spacial score (nSPS) is 37.5. The highest BCUT2D eigenvalue weighted by Crippen LogP contribution is 2.66. The first-order chi connectivity index (χ1) is 14.0. The molecule has 4 rings (SSSR count). The number of fused-ring (bicyclic) bond motifs is 1. The molecule has 3 amide bonds. The Bertz CT molecular complexity index is 679. The maximum Gasteiger partial charge on any atom is 0.244 e. The van der Waals surface area contributed by atoms with Gasteiger partial charge >= 0.3 is 0 Å². The van der Waals surface area contributed by atoms with E-state index in [2.05, 4.69) is 10.6 Å². The van der Waals surface area contributed by atoms with Crippen LogP contribution in [-0.2, 0) is 14.4 Å². The van der Waals surface area contributed by atoms with Crippen molar-refractivity contribution < 1.29 is 19.5 Å². The molecule has 3 N–H and O–H groups in total. The first-order valence-corrected chi connectivity index (χ1v) is 12.0. The number of rotatable bonds is 6. The Morgan fingerprint density at radius 1 is 1.24 bits per heavy atom. The summed E-state index contributed by atoms with van der Waals surface area (Å²) in [5.74, 6) is -1.19. The van der Waals surface area contributed by atoms with E-state index in [0.29, 0.717) is 6.42 Å². The summed E-state index contributed by atoms with van der Waals surface area (Å²) in [7, 11) is 1.61. The van der Waals surface area contributed by atoms with Gasteiger partial charge in [-0.15, -0.1) is 11.8 Å². The van der Waals surface area contributed by atoms with Crippen molar-refractivity contribution >= 4 is 29.5 Å². The number of thioether (sulfide) groups is 1. The van der Waals surface area contributed by atoms with E-state index in [1.807, 2.05) is 6.92 Å². The fourth-order valence-electron chi connectivity index (χ4n) is 6.19. The number of carbonyl (C=O) groups is 3. The Morgan fingerprint density at radius 3 is 2.59 bits per heavy atom. The quantitative estimate of drug-likeness (QED) is 0.593. The minimum absolute atomic E-state index is 0.0882. The molecular formula is C21H33N3O4S. The molecule has 1 saturated carbocycles. The third kappa shape index (κ3) is 3.17. The van der Waals surface area contributed by atoms with Crippen LogP contribution < -0.4 is 10.6 Å². The largest absolute Gasteiger partial charge is 0.394 e. The molecule has 8 heteroatoms. The van der Waals surface area contributed by atoms with Crippen LogP contribution in [0.5, 0.6) is 0 Å². The molecule has 4 aliphatic rings. The van der Waals surface area contributed by atoms with E-state index in [-0.39, 0.29) is 35.6 Å². The van der Waals surface area contributed by atoms with Gasteiger partial charge in [0.05, 0.1) is 29.2 Å². The summed E-state index contributed by atoms with van der Waals surface area (Å²) >= 11 is 1.68. The number of nitrogens with zero attached hydrogens (tertiary/aromatic N) is 1. The van der Waals surface area contributed by atoms with Crippen LogP contribution in [0.1, 0.15) is 58.3 Å². The van der Waals surface area contributed by atoms with Crippen LogP contribution in [0, 0.1) is 11.8 Å². The number of hydrogen-bond donors (Lipinski definition) is 3. The zero-order valence-electron chi connectivity index (χ0n) is 17.4. The summed E-state index contributed by atoms with van der Waals surface area (Å²) < 4.78 is -0.555. The molecule has 3 saturated heterocycles. The fraction of sp³-hybridized carbons (Fsp3) is 0.857. The van der Waals surface area contributed by atoms with Crippen molar-refractivity contribution in [2.45, 2.75) is 86.4 Å². The molecule has 1 spiro atoms. The van der Waals surface area contributed by atoms with E-state index in [0.717, 1.165) is 38.5 Å². The van der Waals surface area contributed by atoms with Gasteiger partial charge in [0.2, 0.25) is 17.7 Å². The monoisotopic (exact) mass is 423 g/mol. The molecule has 2 bridgehead atoms. The van der Waals surface area contributed by atoms with Crippen LogP contribution in [-0.4, -0.2) is 69.5 Å². The summed E-state index contributed by atoms with van der Waals surface area (Å²) in [5, 5.41) is 16.0. The highest BCUT2D eigenvalue weighted by molar-refractivity contribution is 8.02. The molecule has 4 fully saturated rings. The summed E-state index contributed by atoms with van der Waals surface area (Å²) in [4.78, 5) is 41.5. The second-order valence-corrected chi connectivity index (χ2v) is 10.6. The highest BCUT2D eigenvalue weighted by Gasteiger charge is 2.74. The average Bonchev–Trinajstić information content (AvgIpc) is 3.37. The number of carbonyl (C=O) groups excluding carboxylic acids is 3. The van der Waals surface area contributed by atoms with Crippen molar-refractivity contribution in [1.29, 1.82) is 0 Å². The molecule has 0 aromatic carbocycles. The molecule has 3 aliphatic heterocycles. The third-order valence-electron chi connectivity index (χ3n) is 7.56. The topological polar surface area (TPSA) is 98.7 Å². The zero-order valence-corrected chi connectivity index (χ0v) is 18.2. The second-order valence-electron chi connectivity index (χ2n) is 9.00. The minimum atomic E-state index is -0.608. The van der Waals surface area contributed by atoms with Crippen molar-refractivity contribution in [2.24, 2.45) is 11.8 Å². The molecule has 0 aromatic heterocycles. The SMILES string of the molecule is CC[C@@H](CO)N1C(=O)[C@@H]2[C@@H](C(=O)NC)[C@H]3CCC2(S3)C1C(=O)NC1CCCCC1. The average molecular weight is 424 g/mol. The van der Waals surface area contributed by atoms with E-state index in [1.54, 1.807) is 23.7 Å². The summed E-state index contributed by atoms with van der Waals surface area (Å²) in [6.07, 6.45) is 7.62. The molecule has 3 heterocycles. The molecule has 29 heavy (non-hydrogen) atoms. The van der Waals surface area contributed by atoms with Gasteiger partial charge in [-0.05, 0) is 32.1 Å². The van der Waals surface area contributed by atoms with Gasteiger partial charge in [-0.25, -0.2) is 0 Å². The van der Waals surface area contributed by atoms with Gasteiger partial charge in [-0.2, -0.15) is 0 Å². The number of hydrogen-bond acceptors (Lipinski definition) is 5. The molecular weight excluding hydrogens is 390 g/mol. The van der Waals surface area contributed by atoms with E-state index >= 15 is 0 Å². The van der Waals surface area contributed by atoms with Gasteiger partial charge in [0.1, 0.15) is 6.04 Å². The second kappa shape index (κ2) is 8.10. The molecule has 162 valence electrons. The van der Waals surface area contributed by atoms with Crippen molar-refractivity contribution in [3.63, 3.8) is 0 Å². The van der Waals surface area contributed by atoms with Gasteiger partial charge in [0.15, 0.2) is 0 Å². The van der Waals surface area contributed by atoms with Gasteiger partial charge in [-0.3, -0.25) is 14.4 Å². The lowest BCUT2D eigenvalue weighted by Gasteiger charge is -2.38. The number of aliphatic hydroxyl groups excluding tert-OH is 1. The Hall–Kier alpha value is -1.28. The molecule has 0 aromatic rings. The van der Waals surface area contributed by atoms with Crippen LogP contribution in [0.25, 0.3) is 0 Å². The fourth-order valence-corrected chi connectivity index (χ4v) is 8.40. The maximum absolute atomic E-state index is 13.6. The predicted octanol–water partition coefficient (Wildman–Crippen LogP) is 1.04. The van der Waals surface area contributed by atoms with E-state index < -0.39 is 28.7 Å². The Labute approximate surface area is 176 Å². The smallest absolute Gasteiger partial charge is 0.244 e. The lowest BCUT2D eigenvalue weighted by molar-refractivity contribution is -0.142. The van der Waals surface area contributed by atoms with Gasteiger partial charge in [0.25, 0.3) is 0 Å². The zero-order chi connectivity index (χ0) is 20.8. The van der Waals surface area contributed by atoms with Crippen LogP contribution in [0.15, 0.2) is 0 Å². The van der Waals surface area contributed by atoms with E-state index in [1.165, 1.54) is 6.42 Å². The van der Waals surface area contributed by atoms with Gasteiger partial charge in [0, 0.05) is 18.3 Å². The standard InChI is InChI=1S/C21H33N3O4S/c1-3-13(11-25)24-17(19(27)23-12-7-5-4-6-8-12)21-10-9-14(29-21)15(18(26)22-2)16(21)20(24)28/h12-17,25H,3-11H2,1-2H3,(H,22,26)(H,23,27)/t13-,14+,15-,16-,17?,21?/m0/s1. The number of aliphatic hydroxyl groups is 1. The molecule has 0 radical (unpaired) electrons.